The Bertz CT molecular complexity index is 684. The molecule has 0 unspecified atom stereocenters. The van der Waals surface area contributed by atoms with E-state index in [0.717, 1.165) is 51.4 Å². The zero-order chi connectivity index (χ0) is 30.2. The predicted molar refractivity (Wildman–Crippen MR) is 169 cm³/mol. The summed E-state index contributed by atoms with van der Waals surface area (Å²) < 4.78 is 10.5. The fourth-order valence-electron chi connectivity index (χ4n) is 4.59. The standard InChI is InChI=1S/C35H62O6/c1-3-5-7-9-11-12-13-14-16-20-24-28-34(38)40-31-33(30-36)41-35(39)29-25-21-17-19-23-27-32(37)26-22-18-15-10-8-6-4-2/h15,18,22,26,33,36H,3-14,16-17,19-21,23-25,27-31H2,1-2H3/b18-15-,26-22+/t33-/m0/s1. The minimum absolute atomic E-state index is 0.101. The first-order chi connectivity index (χ1) is 20.0. The lowest BCUT2D eigenvalue weighted by molar-refractivity contribution is -0.161. The Hall–Kier alpha value is -1.95. The summed E-state index contributed by atoms with van der Waals surface area (Å²) in [5.74, 6) is -0.530. The molecule has 0 bridgehead atoms. The zero-order valence-electron chi connectivity index (χ0n) is 26.6. The van der Waals surface area contributed by atoms with Crippen molar-refractivity contribution >= 4 is 17.7 Å². The molecule has 1 atom stereocenters. The maximum atomic E-state index is 12.1. The maximum absolute atomic E-state index is 12.1. The van der Waals surface area contributed by atoms with Crippen LogP contribution in [0.4, 0.5) is 0 Å². The fourth-order valence-corrected chi connectivity index (χ4v) is 4.59. The molecule has 0 spiro atoms. The van der Waals surface area contributed by atoms with Gasteiger partial charge in [-0.25, -0.2) is 0 Å². The summed E-state index contributed by atoms with van der Waals surface area (Å²) in [7, 11) is 0. The Morgan fingerprint density at radius 3 is 1.66 bits per heavy atom. The summed E-state index contributed by atoms with van der Waals surface area (Å²) in [5.41, 5.74) is 0. The van der Waals surface area contributed by atoms with Crippen molar-refractivity contribution in [2.45, 2.75) is 168 Å². The highest BCUT2D eigenvalue weighted by molar-refractivity contribution is 5.89. The van der Waals surface area contributed by atoms with E-state index in [2.05, 4.69) is 19.9 Å². The lowest BCUT2D eigenvalue weighted by atomic mass is 10.1. The van der Waals surface area contributed by atoms with Crippen LogP contribution in [0.1, 0.15) is 162 Å². The van der Waals surface area contributed by atoms with E-state index in [4.69, 9.17) is 9.47 Å². The van der Waals surface area contributed by atoms with Crippen LogP contribution in [0.25, 0.3) is 0 Å². The normalized spacial score (nSPS) is 12.3. The number of ketones is 1. The minimum atomic E-state index is -0.811. The number of esters is 2. The van der Waals surface area contributed by atoms with Gasteiger partial charge in [-0.15, -0.1) is 0 Å². The van der Waals surface area contributed by atoms with Gasteiger partial charge < -0.3 is 14.6 Å². The van der Waals surface area contributed by atoms with Gasteiger partial charge in [-0.1, -0.05) is 128 Å². The molecule has 0 aliphatic heterocycles. The molecule has 6 nitrogen and oxygen atoms in total. The van der Waals surface area contributed by atoms with Crippen LogP contribution >= 0.6 is 0 Å². The highest BCUT2D eigenvalue weighted by Crippen LogP contribution is 2.13. The number of hydrogen-bond donors (Lipinski definition) is 1. The van der Waals surface area contributed by atoms with E-state index in [1.165, 1.54) is 70.6 Å². The quantitative estimate of drug-likeness (QED) is 0.0396. The van der Waals surface area contributed by atoms with Crippen molar-refractivity contribution < 1.29 is 29.0 Å². The number of unbranched alkanes of at least 4 members (excludes halogenated alkanes) is 17. The molecule has 0 rings (SSSR count). The second-order valence-corrected chi connectivity index (χ2v) is 11.3. The Morgan fingerprint density at radius 1 is 0.610 bits per heavy atom. The van der Waals surface area contributed by atoms with Gasteiger partial charge in [-0.3, -0.25) is 14.4 Å². The zero-order valence-corrected chi connectivity index (χ0v) is 26.6. The van der Waals surface area contributed by atoms with Crippen molar-refractivity contribution in [1.29, 1.82) is 0 Å². The van der Waals surface area contributed by atoms with Crippen LogP contribution in [0.5, 0.6) is 0 Å². The minimum Gasteiger partial charge on any atom is -0.462 e. The molecule has 0 heterocycles. The molecule has 1 N–H and O–H groups in total. The second kappa shape index (κ2) is 31.0. The largest absolute Gasteiger partial charge is 0.462 e. The van der Waals surface area contributed by atoms with Crippen molar-refractivity contribution in [3.63, 3.8) is 0 Å². The van der Waals surface area contributed by atoms with Crippen molar-refractivity contribution in [1.82, 2.24) is 0 Å². The number of aliphatic hydroxyl groups excluding tert-OH is 1. The SMILES string of the molecule is CCCCC/C=C\C=C\C(=O)CCCCCCCC(=O)O[C@@H](CO)COC(=O)CCCCCCCCCCCCC. The third-order valence-corrected chi connectivity index (χ3v) is 7.22. The summed E-state index contributed by atoms with van der Waals surface area (Å²) in [5, 5.41) is 9.49. The number of carbonyl (C=O) groups is 3. The average Bonchev–Trinajstić information content (AvgIpc) is 2.97. The van der Waals surface area contributed by atoms with E-state index in [0.29, 0.717) is 19.3 Å². The van der Waals surface area contributed by atoms with Crippen molar-refractivity contribution in [3.8, 4) is 0 Å². The summed E-state index contributed by atoms with van der Waals surface area (Å²) in [6.07, 6.45) is 30.5. The predicted octanol–water partition coefficient (Wildman–Crippen LogP) is 9.13. The molecule has 0 saturated heterocycles. The molecule has 6 heteroatoms. The highest BCUT2D eigenvalue weighted by atomic mass is 16.6. The van der Waals surface area contributed by atoms with Crippen LogP contribution in [0.15, 0.2) is 24.3 Å². The van der Waals surface area contributed by atoms with E-state index in [1.54, 1.807) is 6.08 Å². The first-order valence-electron chi connectivity index (χ1n) is 16.8. The molecule has 0 aliphatic carbocycles. The number of rotatable bonds is 30. The fraction of sp³-hybridized carbons (Fsp3) is 0.800. The van der Waals surface area contributed by atoms with Crippen LogP contribution in [-0.2, 0) is 23.9 Å². The lowest BCUT2D eigenvalue weighted by Crippen LogP contribution is -2.28. The van der Waals surface area contributed by atoms with Gasteiger partial charge in [0.25, 0.3) is 0 Å². The van der Waals surface area contributed by atoms with Crippen LogP contribution in [-0.4, -0.2) is 42.1 Å². The third-order valence-electron chi connectivity index (χ3n) is 7.22. The average molecular weight is 579 g/mol. The van der Waals surface area contributed by atoms with Gasteiger partial charge >= 0.3 is 11.9 Å². The number of allylic oxidation sites excluding steroid dienone is 4. The lowest BCUT2D eigenvalue weighted by Gasteiger charge is -2.15. The van der Waals surface area contributed by atoms with Gasteiger partial charge in [-0.2, -0.15) is 0 Å². The molecule has 0 aromatic carbocycles. The van der Waals surface area contributed by atoms with Crippen molar-refractivity contribution in [3.05, 3.63) is 24.3 Å². The molecule has 0 aromatic rings. The first kappa shape index (κ1) is 39.0. The maximum Gasteiger partial charge on any atom is 0.306 e. The smallest absolute Gasteiger partial charge is 0.306 e. The Kier molecular flexibility index (Phi) is 29.5. The molecule has 0 radical (unpaired) electrons. The number of hydrogen-bond acceptors (Lipinski definition) is 6. The monoisotopic (exact) mass is 578 g/mol. The Balaban J connectivity index is 3.69. The summed E-state index contributed by atoms with van der Waals surface area (Å²) >= 11 is 0. The van der Waals surface area contributed by atoms with E-state index in [9.17, 15) is 19.5 Å². The molecule has 41 heavy (non-hydrogen) atoms. The summed E-state index contributed by atoms with van der Waals surface area (Å²) in [6, 6.07) is 0. The summed E-state index contributed by atoms with van der Waals surface area (Å²) in [4.78, 5) is 36.0. The number of carbonyl (C=O) groups excluding carboxylic acids is 3. The van der Waals surface area contributed by atoms with Crippen molar-refractivity contribution in [2.75, 3.05) is 13.2 Å². The van der Waals surface area contributed by atoms with E-state index < -0.39 is 6.10 Å². The van der Waals surface area contributed by atoms with E-state index in [1.807, 2.05) is 12.2 Å². The van der Waals surface area contributed by atoms with Crippen LogP contribution in [0.3, 0.4) is 0 Å². The molecular weight excluding hydrogens is 516 g/mol. The molecule has 0 fully saturated rings. The van der Waals surface area contributed by atoms with Crippen LogP contribution < -0.4 is 0 Å². The summed E-state index contributed by atoms with van der Waals surface area (Å²) in [6.45, 7) is 3.96. The van der Waals surface area contributed by atoms with Gasteiger partial charge in [0.15, 0.2) is 11.9 Å². The topological polar surface area (TPSA) is 89.9 Å². The van der Waals surface area contributed by atoms with Crippen LogP contribution in [0, 0.1) is 0 Å². The van der Waals surface area contributed by atoms with E-state index >= 15 is 0 Å². The molecule has 0 saturated carbocycles. The second-order valence-electron chi connectivity index (χ2n) is 11.3. The number of aliphatic hydroxyl groups is 1. The van der Waals surface area contributed by atoms with Gasteiger partial charge in [0.2, 0.25) is 0 Å². The van der Waals surface area contributed by atoms with Crippen LogP contribution in [0.2, 0.25) is 0 Å². The van der Waals surface area contributed by atoms with Gasteiger partial charge in [0, 0.05) is 19.3 Å². The van der Waals surface area contributed by atoms with Crippen molar-refractivity contribution in [2.24, 2.45) is 0 Å². The van der Waals surface area contributed by atoms with Gasteiger partial charge in [0.05, 0.1) is 6.61 Å². The van der Waals surface area contributed by atoms with E-state index in [-0.39, 0.29) is 37.4 Å². The Labute approximate surface area is 251 Å². The third kappa shape index (κ3) is 29.3. The number of ether oxygens (including phenoxy) is 2. The molecule has 238 valence electrons. The highest BCUT2D eigenvalue weighted by Gasteiger charge is 2.16. The Morgan fingerprint density at radius 2 is 1.10 bits per heavy atom. The molecule has 0 amide bonds. The molecule has 0 aliphatic rings. The van der Waals surface area contributed by atoms with Gasteiger partial charge in [-0.05, 0) is 38.2 Å². The van der Waals surface area contributed by atoms with Gasteiger partial charge in [0.1, 0.15) is 6.61 Å². The molecule has 0 aromatic heterocycles. The molecular formula is C35H62O6. The first-order valence-corrected chi connectivity index (χ1v) is 16.8.